The monoisotopic (exact) mass is 265 g/mol. The van der Waals surface area contributed by atoms with Crippen LogP contribution in [0.15, 0.2) is 6.07 Å². The van der Waals surface area contributed by atoms with E-state index in [1.54, 1.807) is 32.0 Å². The molecule has 0 atom stereocenters. The van der Waals surface area contributed by atoms with Crippen molar-refractivity contribution >= 4 is 17.4 Å². The van der Waals surface area contributed by atoms with E-state index in [0.29, 0.717) is 21.9 Å². The molecule has 96 valence electrons. The van der Waals surface area contributed by atoms with Crippen molar-refractivity contribution in [2.75, 3.05) is 21.2 Å². The molecule has 0 N–H and O–H groups in total. The summed E-state index contributed by atoms with van der Waals surface area (Å²) in [4.78, 5) is 13.7. The molecule has 0 radical (unpaired) electrons. The molecule has 18 heavy (non-hydrogen) atoms. The minimum Gasteiger partial charge on any atom is -0.496 e. The molecule has 1 aromatic carbocycles. The molecule has 1 aromatic rings. The predicted molar refractivity (Wildman–Crippen MR) is 73.3 cm³/mol. The van der Waals surface area contributed by atoms with E-state index in [0.717, 1.165) is 5.56 Å². The number of ether oxygens (including phenoxy) is 1. The van der Waals surface area contributed by atoms with Gasteiger partial charge in [0.25, 0.3) is 0 Å². The second-order valence-corrected chi connectivity index (χ2v) is 4.55. The lowest BCUT2D eigenvalue weighted by Crippen LogP contribution is -2.07. The van der Waals surface area contributed by atoms with Crippen molar-refractivity contribution in [3.8, 4) is 17.7 Å². The van der Waals surface area contributed by atoms with Gasteiger partial charge in [0, 0.05) is 31.1 Å². The number of nitrogens with zero attached hydrogens (tertiary/aromatic N) is 1. The van der Waals surface area contributed by atoms with Crippen LogP contribution in [-0.2, 0) is 0 Å². The van der Waals surface area contributed by atoms with E-state index in [1.807, 2.05) is 6.92 Å². The van der Waals surface area contributed by atoms with Gasteiger partial charge in [0.1, 0.15) is 5.75 Å². The van der Waals surface area contributed by atoms with Crippen LogP contribution < -0.4 is 4.74 Å². The van der Waals surface area contributed by atoms with Crippen molar-refractivity contribution in [3.63, 3.8) is 0 Å². The Balaban J connectivity index is 3.37. The van der Waals surface area contributed by atoms with Gasteiger partial charge in [-0.2, -0.15) is 0 Å². The quantitative estimate of drug-likeness (QED) is 0.468. The van der Waals surface area contributed by atoms with E-state index in [9.17, 15) is 4.79 Å². The van der Waals surface area contributed by atoms with Crippen molar-refractivity contribution in [2.45, 2.75) is 13.8 Å². The van der Waals surface area contributed by atoms with Crippen LogP contribution in [0.4, 0.5) is 0 Å². The van der Waals surface area contributed by atoms with Gasteiger partial charge < -0.3 is 9.64 Å². The summed E-state index contributed by atoms with van der Waals surface area (Å²) < 4.78 is 5.23. The minimum atomic E-state index is -0.292. The summed E-state index contributed by atoms with van der Waals surface area (Å²) in [5.74, 6) is 2.77. The number of halogens is 1. The Morgan fingerprint density at radius 2 is 2.00 bits per heavy atom. The molecule has 0 aliphatic heterocycles. The van der Waals surface area contributed by atoms with Crippen LogP contribution >= 0.6 is 11.6 Å². The maximum atomic E-state index is 12.1. The minimum absolute atomic E-state index is 0.292. The third-order valence-electron chi connectivity index (χ3n) is 2.48. The predicted octanol–water partition coefficient (Wildman–Crippen LogP) is 2.67. The third kappa shape index (κ3) is 2.96. The van der Waals surface area contributed by atoms with Gasteiger partial charge >= 0.3 is 0 Å². The van der Waals surface area contributed by atoms with Gasteiger partial charge in [-0.15, -0.1) is 0 Å². The highest BCUT2D eigenvalue weighted by Crippen LogP contribution is 2.31. The highest BCUT2D eigenvalue weighted by atomic mass is 35.5. The van der Waals surface area contributed by atoms with Crippen molar-refractivity contribution in [1.82, 2.24) is 4.90 Å². The van der Waals surface area contributed by atoms with Gasteiger partial charge in [0.2, 0.25) is 5.78 Å². The van der Waals surface area contributed by atoms with E-state index >= 15 is 0 Å². The molecule has 1 rings (SSSR count). The smallest absolute Gasteiger partial charge is 0.241 e. The molecule has 0 heterocycles. The van der Waals surface area contributed by atoms with E-state index in [1.165, 1.54) is 7.11 Å². The average Bonchev–Trinajstić information content (AvgIpc) is 2.32. The van der Waals surface area contributed by atoms with Gasteiger partial charge in [-0.1, -0.05) is 11.6 Å². The maximum Gasteiger partial charge on any atom is 0.241 e. The van der Waals surface area contributed by atoms with Crippen LogP contribution in [-0.4, -0.2) is 31.9 Å². The molecule has 0 aliphatic rings. The van der Waals surface area contributed by atoms with Crippen LogP contribution in [0.2, 0.25) is 5.02 Å². The zero-order valence-corrected chi connectivity index (χ0v) is 12.0. The number of Topliss-reactive ketones (excluding diaryl/α,β-unsaturated/α-hetero) is 1. The molecule has 3 nitrogen and oxygen atoms in total. The fourth-order valence-corrected chi connectivity index (χ4v) is 1.74. The van der Waals surface area contributed by atoms with E-state index in [4.69, 9.17) is 16.3 Å². The van der Waals surface area contributed by atoms with E-state index in [-0.39, 0.29) is 5.78 Å². The zero-order chi connectivity index (χ0) is 13.9. The van der Waals surface area contributed by atoms with Crippen molar-refractivity contribution in [2.24, 2.45) is 0 Å². The second-order valence-electron chi connectivity index (χ2n) is 4.17. The number of methoxy groups -OCH3 is 1. The molecule has 0 saturated heterocycles. The van der Waals surface area contributed by atoms with Gasteiger partial charge in [0.15, 0.2) is 0 Å². The lowest BCUT2D eigenvalue weighted by atomic mass is 10.0. The highest BCUT2D eigenvalue weighted by Gasteiger charge is 2.17. The number of ketones is 1. The number of hydrogen-bond donors (Lipinski definition) is 0. The molecule has 0 unspecified atom stereocenters. The summed E-state index contributed by atoms with van der Waals surface area (Å²) >= 11 is 6.15. The van der Waals surface area contributed by atoms with Crippen molar-refractivity contribution < 1.29 is 9.53 Å². The zero-order valence-electron chi connectivity index (χ0n) is 11.2. The number of aryl methyl sites for hydroxylation is 1. The largest absolute Gasteiger partial charge is 0.496 e. The van der Waals surface area contributed by atoms with E-state index in [2.05, 4.69) is 12.0 Å². The third-order valence-corrected chi connectivity index (χ3v) is 3.07. The second kappa shape index (κ2) is 5.79. The Labute approximate surface area is 113 Å². The summed E-state index contributed by atoms with van der Waals surface area (Å²) in [5.41, 5.74) is 2.01. The highest BCUT2D eigenvalue weighted by molar-refractivity contribution is 6.33. The van der Waals surface area contributed by atoms with Crippen LogP contribution in [0.5, 0.6) is 5.75 Å². The molecule has 0 fully saturated rings. The first-order valence-corrected chi connectivity index (χ1v) is 5.83. The molecular weight excluding hydrogens is 250 g/mol. The van der Waals surface area contributed by atoms with Crippen LogP contribution in [0, 0.1) is 25.8 Å². The lowest BCUT2D eigenvalue weighted by molar-refractivity contribution is 0.105. The number of benzene rings is 1. The number of hydrogen-bond acceptors (Lipinski definition) is 3. The molecular formula is C14H16ClNO2. The van der Waals surface area contributed by atoms with Gasteiger partial charge in [-0.05, 0) is 31.0 Å². The first-order valence-electron chi connectivity index (χ1n) is 5.45. The molecule has 0 saturated carbocycles. The number of rotatable bonds is 2. The topological polar surface area (TPSA) is 29.5 Å². The first-order chi connectivity index (χ1) is 8.38. The summed E-state index contributed by atoms with van der Waals surface area (Å²) in [5, 5.41) is 0.575. The Morgan fingerprint density at radius 3 is 2.50 bits per heavy atom. The standard InChI is InChI=1S/C14H16ClNO2/c1-9-8-12(18-5)13(10(2)14(9)15)11(17)6-7-16(3)4/h8H,1-5H3. The summed E-state index contributed by atoms with van der Waals surface area (Å²) in [6.07, 6.45) is 0. The SMILES string of the molecule is COc1cc(C)c(Cl)c(C)c1C(=O)C#CN(C)C. The lowest BCUT2D eigenvalue weighted by Gasteiger charge is -2.12. The molecule has 0 bridgehead atoms. The molecule has 0 aliphatic carbocycles. The van der Waals surface area contributed by atoms with Gasteiger partial charge in [-0.25, -0.2) is 0 Å². The summed E-state index contributed by atoms with van der Waals surface area (Å²) in [6.45, 7) is 3.67. The van der Waals surface area contributed by atoms with Crippen LogP contribution in [0.25, 0.3) is 0 Å². The van der Waals surface area contributed by atoms with E-state index < -0.39 is 0 Å². The molecule has 4 heteroatoms. The van der Waals surface area contributed by atoms with Gasteiger partial charge in [0.05, 0.1) is 12.7 Å². The molecule has 0 aromatic heterocycles. The average molecular weight is 266 g/mol. The Kier molecular flexibility index (Phi) is 4.63. The molecule has 0 spiro atoms. The normalized spacial score (nSPS) is 9.44. The van der Waals surface area contributed by atoms with Crippen LogP contribution in [0.3, 0.4) is 0 Å². The Bertz CT molecular complexity index is 539. The first kappa shape index (κ1) is 14.4. The Hall–Kier alpha value is -1.66. The van der Waals surface area contributed by atoms with Crippen molar-refractivity contribution in [1.29, 1.82) is 0 Å². The molecule has 0 amide bonds. The fourth-order valence-electron chi connectivity index (χ4n) is 1.59. The van der Waals surface area contributed by atoms with Crippen LogP contribution in [0.1, 0.15) is 21.5 Å². The Morgan fingerprint density at radius 1 is 1.39 bits per heavy atom. The summed E-state index contributed by atoms with van der Waals surface area (Å²) in [6, 6.07) is 4.44. The number of carbonyl (C=O) groups excluding carboxylic acids is 1. The van der Waals surface area contributed by atoms with Gasteiger partial charge in [-0.3, -0.25) is 4.79 Å². The number of carbonyl (C=O) groups is 1. The maximum absolute atomic E-state index is 12.1. The van der Waals surface area contributed by atoms with Crippen molar-refractivity contribution in [3.05, 3.63) is 27.8 Å². The fraction of sp³-hybridized carbons (Fsp3) is 0.357. The summed E-state index contributed by atoms with van der Waals surface area (Å²) in [7, 11) is 5.07.